The molecule has 0 amide bonds. The van der Waals surface area contributed by atoms with Gasteiger partial charge in [0.1, 0.15) is 0 Å². The van der Waals surface area contributed by atoms with Crippen LogP contribution in [0.3, 0.4) is 0 Å². The van der Waals surface area contributed by atoms with E-state index in [0.717, 1.165) is 6.42 Å². The summed E-state index contributed by atoms with van der Waals surface area (Å²) < 4.78 is 1.58. The fraction of sp³-hybridized carbons (Fsp3) is 0.333. The van der Waals surface area contributed by atoms with Gasteiger partial charge in [0.25, 0.3) is 0 Å². The van der Waals surface area contributed by atoms with Gasteiger partial charge in [0.15, 0.2) is 0 Å². The number of hydrogen-bond acceptors (Lipinski definition) is 0. The van der Waals surface area contributed by atoms with Crippen LogP contribution >= 0.6 is 0 Å². The Morgan fingerprint density at radius 3 is 1.28 bits per heavy atom. The van der Waals surface area contributed by atoms with E-state index < -0.39 is 0 Å². The summed E-state index contributed by atoms with van der Waals surface area (Å²) in [5.41, 5.74) is 6.19. The van der Waals surface area contributed by atoms with Crippen molar-refractivity contribution in [3.8, 4) is 0 Å². The molecule has 0 saturated heterocycles. The molecule has 0 unspecified atom stereocenters. The fourth-order valence-electron chi connectivity index (χ4n) is 6.05. The van der Waals surface area contributed by atoms with E-state index >= 15 is 0 Å². The summed E-state index contributed by atoms with van der Waals surface area (Å²) >= 11 is 1.51. The van der Waals surface area contributed by atoms with Crippen molar-refractivity contribution in [2.45, 2.75) is 97.3 Å². The minimum absolute atomic E-state index is 0.0962. The average Bonchev–Trinajstić information content (AvgIpc) is 3.72. The van der Waals surface area contributed by atoms with Crippen LogP contribution < -0.4 is 0 Å². The van der Waals surface area contributed by atoms with E-state index in [1.807, 2.05) is 12.2 Å². The molecule has 0 N–H and O–H groups in total. The molecule has 0 spiro atoms. The van der Waals surface area contributed by atoms with E-state index in [2.05, 4.69) is 185 Å². The number of fused-ring (bicyclic) bond motifs is 3. The number of rotatable bonds is 4. The van der Waals surface area contributed by atoms with E-state index in [1.165, 1.54) is 68.0 Å². The van der Waals surface area contributed by atoms with Crippen LogP contribution in [-0.4, -0.2) is 3.21 Å². The van der Waals surface area contributed by atoms with Crippen molar-refractivity contribution in [1.82, 2.24) is 0 Å². The zero-order valence-electron chi connectivity index (χ0n) is 29.8. The molecule has 1 aliphatic rings. The van der Waals surface area contributed by atoms with Crippen LogP contribution in [0.4, 0.5) is 0 Å². The zero-order chi connectivity index (χ0) is 33.8. The van der Waals surface area contributed by atoms with Gasteiger partial charge >= 0.3 is 138 Å². The zero-order valence-corrected chi connectivity index (χ0v) is 32.2. The third-order valence-corrected chi connectivity index (χ3v) is 12.3. The molecular formula is C45H52Zr. The molecule has 1 aliphatic carbocycles. The maximum absolute atomic E-state index is 2.99. The van der Waals surface area contributed by atoms with Crippen molar-refractivity contribution >= 4 is 24.8 Å². The molecule has 0 aliphatic heterocycles. The first-order valence-electron chi connectivity index (χ1n) is 16.6. The Labute approximate surface area is 294 Å². The van der Waals surface area contributed by atoms with E-state index in [0.29, 0.717) is 0 Å². The van der Waals surface area contributed by atoms with Gasteiger partial charge in [0.2, 0.25) is 0 Å². The molecule has 236 valence electrons. The summed E-state index contributed by atoms with van der Waals surface area (Å²) in [5.74, 6) is 0. The van der Waals surface area contributed by atoms with Crippen LogP contribution in [0.2, 0.25) is 0 Å². The monoisotopic (exact) mass is 682 g/mol. The summed E-state index contributed by atoms with van der Waals surface area (Å²) in [7, 11) is 0. The Morgan fingerprint density at radius 1 is 0.565 bits per heavy atom. The van der Waals surface area contributed by atoms with Crippen LogP contribution in [0.15, 0.2) is 121 Å². The number of hydrogen-bond donors (Lipinski definition) is 0. The third-order valence-electron chi connectivity index (χ3n) is 9.27. The van der Waals surface area contributed by atoms with Crippen LogP contribution in [0.1, 0.15) is 97.9 Å². The van der Waals surface area contributed by atoms with Crippen molar-refractivity contribution in [2.24, 2.45) is 0 Å². The Balaban J connectivity index is 0.000000181. The van der Waals surface area contributed by atoms with E-state index in [1.54, 1.807) is 3.21 Å². The van der Waals surface area contributed by atoms with Gasteiger partial charge in [-0.2, -0.15) is 6.08 Å². The standard InChI is InChI=1S/C21H25.C19H22.C5H5.Zr/c1-20(2,3)16-9-7-14-11-15-8-10-17(21(4,5)6)13-19(15)18(14)12-16;1-18(2,16-11-7-5-8-12-16)15-19(3,4)17-13-9-6-10-14-17;1-2-4-5-3-1;/h7-13H,1-6H3;5-14H,1-4H3;1-3H,4H2;/q-1;;-1;+2. The third kappa shape index (κ3) is 8.46. The molecule has 0 radical (unpaired) electrons. The first-order chi connectivity index (χ1) is 21.5. The maximum Gasteiger partial charge on any atom is -0.109 e. The second-order valence-electron chi connectivity index (χ2n) is 15.6. The molecule has 0 nitrogen and oxygen atoms in total. The molecule has 6 rings (SSSR count). The summed E-state index contributed by atoms with van der Waals surface area (Å²) in [6.45, 7) is 23.0. The first kappa shape index (κ1) is 35.8. The van der Waals surface area contributed by atoms with E-state index in [9.17, 15) is 0 Å². The van der Waals surface area contributed by atoms with Gasteiger partial charge in [-0.25, -0.2) is 12.2 Å². The van der Waals surface area contributed by atoms with Crippen molar-refractivity contribution in [2.75, 3.05) is 0 Å². The predicted molar refractivity (Wildman–Crippen MR) is 200 cm³/mol. The number of allylic oxidation sites excluding steroid dienone is 4. The van der Waals surface area contributed by atoms with Crippen LogP contribution in [0, 0.1) is 6.08 Å². The average molecular weight is 684 g/mol. The van der Waals surface area contributed by atoms with E-state index in [-0.39, 0.29) is 21.7 Å². The van der Waals surface area contributed by atoms with Gasteiger partial charge < -0.3 is 0 Å². The van der Waals surface area contributed by atoms with Gasteiger partial charge in [-0.3, -0.25) is 6.08 Å². The van der Waals surface area contributed by atoms with Crippen LogP contribution in [0.25, 0.3) is 21.5 Å². The predicted octanol–water partition coefficient (Wildman–Crippen LogP) is 12.3. The Hall–Kier alpha value is -3.02. The molecule has 5 aromatic rings. The quantitative estimate of drug-likeness (QED) is 0.165. The molecule has 0 heterocycles. The largest absolute Gasteiger partial charge is 0.273 e. The second-order valence-corrected chi connectivity index (χ2v) is 16.8. The van der Waals surface area contributed by atoms with Gasteiger partial charge in [-0.1, -0.05) is 76.9 Å². The normalized spacial score (nSPS) is 13.3. The molecule has 0 aromatic heterocycles. The molecule has 0 bridgehead atoms. The summed E-state index contributed by atoms with van der Waals surface area (Å²) in [6, 6.07) is 37.8. The maximum atomic E-state index is 2.99. The molecule has 0 atom stereocenters. The minimum atomic E-state index is 0.0962. The van der Waals surface area contributed by atoms with Gasteiger partial charge in [-0.05, 0) is 10.8 Å². The molecule has 1 heteroatoms. The Bertz CT molecular complexity index is 1680. The van der Waals surface area contributed by atoms with E-state index in [4.69, 9.17) is 0 Å². The Kier molecular flexibility index (Phi) is 11.2. The summed E-state index contributed by atoms with van der Waals surface area (Å²) in [6.07, 6.45) is 10.0. The summed E-state index contributed by atoms with van der Waals surface area (Å²) in [4.78, 5) is 0. The van der Waals surface area contributed by atoms with Gasteiger partial charge in [0.05, 0.1) is 0 Å². The molecule has 5 aromatic carbocycles. The molecular weight excluding hydrogens is 632 g/mol. The Morgan fingerprint density at radius 2 is 0.978 bits per heavy atom. The fourth-order valence-corrected chi connectivity index (χ4v) is 6.76. The van der Waals surface area contributed by atoms with Crippen molar-refractivity contribution in [3.63, 3.8) is 0 Å². The smallest absolute Gasteiger partial charge is 0.109 e. The van der Waals surface area contributed by atoms with Crippen molar-refractivity contribution in [1.29, 1.82) is 0 Å². The van der Waals surface area contributed by atoms with Gasteiger partial charge in [0, 0.05) is 0 Å². The SMILES string of the molecule is CC(C)(C)c1ccc2[cH-]c3ccc(C(C)(C)C)cc3c2c1.CC(C)([C](=[Zr+2])C(C)(C)c1ccccc1)c1ccccc1.[C-]1=CC=CC1. The van der Waals surface area contributed by atoms with Crippen LogP contribution in [-0.2, 0) is 45.9 Å². The first-order valence-corrected chi connectivity index (χ1v) is 17.8. The molecule has 46 heavy (non-hydrogen) atoms. The van der Waals surface area contributed by atoms with Crippen molar-refractivity contribution < 1.29 is 24.2 Å². The minimum Gasteiger partial charge on any atom is -0.273 e. The summed E-state index contributed by atoms with van der Waals surface area (Å²) in [5, 5.41) is 5.49. The molecule has 0 fully saturated rings. The van der Waals surface area contributed by atoms with Crippen LogP contribution in [0.5, 0.6) is 0 Å². The van der Waals surface area contributed by atoms with Crippen molar-refractivity contribution in [3.05, 3.63) is 150 Å². The second kappa shape index (κ2) is 14.4. The molecule has 0 saturated carbocycles. The topological polar surface area (TPSA) is 0 Å². The van der Waals surface area contributed by atoms with Gasteiger partial charge in [-0.15, -0.1) is 46.2 Å². The number of benzene rings is 4.